The molecule has 23 heavy (non-hydrogen) atoms. The Balaban J connectivity index is 1.73. The Kier molecular flexibility index (Phi) is 3.45. The lowest BCUT2D eigenvalue weighted by Crippen LogP contribution is -2.61. The van der Waals surface area contributed by atoms with Crippen molar-refractivity contribution in [2.45, 2.75) is 25.4 Å². The Morgan fingerprint density at radius 1 is 1.30 bits per heavy atom. The maximum absolute atomic E-state index is 12.5. The topological polar surface area (TPSA) is 65.5 Å². The van der Waals surface area contributed by atoms with Crippen molar-refractivity contribution in [3.8, 4) is 0 Å². The fourth-order valence-corrected chi connectivity index (χ4v) is 4.01. The highest BCUT2D eigenvalue weighted by Crippen LogP contribution is 2.40. The van der Waals surface area contributed by atoms with E-state index in [2.05, 4.69) is 21.3 Å². The number of amides is 1. The predicted molar refractivity (Wildman–Crippen MR) is 89.3 cm³/mol. The van der Waals surface area contributed by atoms with Crippen LogP contribution in [0.3, 0.4) is 0 Å². The van der Waals surface area contributed by atoms with Crippen molar-refractivity contribution < 1.29 is 9.90 Å². The van der Waals surface area contributed by atoms with Crippen molar-refractivity contribution in [2.75, 3.05) is 24.5 Å². The second-order valence-electron chi connectivity index (χ2n) is 6.59. The molecule has 4 rings (SSSR count). The van der Waals surface area contributed by atoms with Crippen LogP contribution in [0.15, 0.2) is 36.5 Å². The third-order valence-electron chi connectivity index (χ3n) is 5.29. The van der Waals surface area contributed by atoms with Gasteiger partial charge in [-0.15, -0.1) is 0 Å². The van der Waals surface area contributed by atoms with Gasteiger partial charge in [-0.2, -0.15) is 0 Å². The Bertz CT molecular complexity index is 743. The summed E-state index contributed by atoms with van der Waals surface area (Å²) in [4.78, 5) is 19.2. The molecule has 120 valence electrons. The maximum atomic E-state index is 12.5. The zero-order valence-corrected chi connectivity index (χ0v) is 13.0. The largest absolute Gasteiger partial charge is 0.392 e. The summed E-state index contributed by atoms with van der Waals surface area (Å²) in [6.45, 7) is 2.03. The van der Waals surface area contributed by atoms with Gasteiger partial charge in [-0.05, 0) is 31.4 Å². The summed E-state index contributed by atoms with van der Waals surface area (Å²) in [7, 11) is 0. The van der Waals surface area contributed by atoms with E-state index in [1.54, 1.807) is 0 Å². The van der Waals surface area contributed by atoms with E-state index in [1.807, 2.05) is 30.5 Å². The molecule has 1 amide bonds. The number of nitrogens with zero attached hydrogens (tertiary/aromatic N) is 2. The van der Waals surface area contributed by atoms with Crippen LogP contribution in [0, 0.1) is 5.41 Å². The summed E-state index contributed by atoms with van der Waals surface area (Å²) in [6, 6.07) is 10.1. The van der Waals surface area contributed by atoms with Gasteiger partial charge in [-0.25, -0.2) is 0 Å². The molecular formula is C18H21N3O2. The summed E-state index contributed by atoms with van der Waals surface area (Å²) in [6.07, 6.45) is 3.54. The number of piperidine rings is 2. The maximum Gasteiger partial charge on any atom is 0.230 e. The summed E-state index contributed by atoms with van der Waals surface area (Å²) in [5, 5.41) is 14.6. The summed E-state index contributed by atoms with van der Waals surface area (Å²) < 4.78 is 0. The number of aliphatic hydroxyl groups is 1. The van der Waals surface area contributed by atoms with Gasteiger partial charge in [-0.1, -0.05) is 18.2 Å². The standard InChI is InChI=1S/C18H21N3O2/c22-16-7-11-21(12-18(16)8-3-9-20-17(18)23)15-6-10-19-14-5-2-1-4-13(14)15/h1-2,4-6,10,16,22H,3,7-9,11-12H2,(H,20,23)/t16-,18-/m1/s1. The number of carbonyl (C=O) groups excluding carboxylic acids is 1. The molecule has 2 saturated heterocycles. The van der Waals surface area contributed by atoms with E-state index in [4.69, 9.17) is 0 Å². The van der Waals surface area contributed by atoms with Crippen LogP contribution < -0.4 is 10.2 Å². The first kappa shape index (κ1) is 14.5. The molecule has 5 nitrogen and oxygen atoms in total. The molecule has 0 bridgehead atoms. The van der Waals surface area contributed by atoms with Crippen molar-refractivity contribution in [1.82, 2.24) is 10.3 Å². The fraction of sp³-hybridized carbons (Fsp3) is 0.444. The number of carbonyl (C=O) groups is 1. The molecular weight excluding hydrogens is 290 g/mol. The number of rotatable bonds is 1. The lowest BCUT2D eigenvalue weighted by atomic mass is 9.71. The van der Waals surface area contributed by atoms with Crippen LogP contribution in [0.4, 0.5) is 5.69 Å². The van der Waals surface area contributed by atoms with Gasteiger partial charge in [0.25, 0.3) is 0 Å². The van der Waals surface area contributed by atoms with Gasteiger partial charge < -0.3 is 15.3 Å². The first-order valence-electron chi connectivity index (χ1n) is 8.26. The van der Waals surface area contributed by atoms with Gasteiger partial charge in [0.1, 0.15) is 0 Å². The van der Waals surface area contributed by atoms with E-state index in [9.17, 15) is 9.90 Å². The first-order chi connectivity index (χ1) is 11.2. The summed E-state index contributed by atoms with van der Waals surface area (Å²) in [5.41, 5.74) is 1.37. The second kappa shape index (κ2) is 5.49. The number of nitrogens with one attached hydrogen (secondary N) is 1. The van der Waals surface area contributed by atoms with Gasteiger partial charge in [0, 0.05) is 36.9 Å². The quantitative estimate of drug-likeness (QED) is 0.841. The highest BCUT2D eigenvalue weighted by Gasteiger charge is 2.49. The number of benzene rings is 1. The Morgan fingerprint density at radius 2 is 2.17 bits per heavy atom. The van der Waals surface area contributed by atoms with E-state index < -0.39 is 11.5 Å². The SMILES string of the molecule is O=C1NCCC[C@]12CN(c1ccnc3ccccc13)CC[C@H]2O. The van der Waals surface area contributed by atoms with Crippen LogP contribution in [0.1, 0.15) is 19.3 Å². The molecule has 2 N–H and O–H groups in total. The van der Waals surface area contributed by atoms with Crippen molar-refractivity contribution in [3.63, 3.8) is 0 Å². The Hall–Kier alpha value is -2.14. The molecule has 2 aliphatic rings. The van der Waals surface area contributed by atoms with Crippen LogP contribution in [-0.2, 0) is 4.79 Å². The number of anilines is 1. The molecule has 2 fully saturated rings. The first-order valence-corrected chi connectivity index (χ1v) is 8.26. The number of hydrogen-bond donors (Lipinski definition) is 2. The molecule has 0 radical (unpaired) electrons. The summed E-state index contributed by atoms with van der Waals surface area (Å²) in [5.74, 6) is -0.000637. The van der Waals surface area contributed by atoms with Crippen molar-refractivity contribution in [3.05, 3.63) is 36.5 Å². The molecule has 0 saturated carbocycles. The number of fused-ring (bicyclic) bond motifs is 1. The van der Waals surface area contributed by atoms with Crippen LogP contribution in [0.25, 0.3) is 10.9 Å². The van der Waals surface area contributed by atoms with Crippen LogP contribution in [0.5, 0.6) is 0 Å². The molecule has 3 heterocycles. The zero-order chi connectivity index (χ0) is 15.9. The summed E-state index contributed by atoms with van der Waals surface area (Å²) >= 11 is 0. The monoisotopic (exact) mass is 311 g/mol. The third-order valence-corrected chi connectivity index (χ3v) is 5.29. The Labute approximate surface area is 135 Å². The highest BCUT2D eigenvalue weighted by atomic mass is 16.3. The van der Waals surface area contributed by atoms with Gasteiger partial charge in [0.2, 0.25) is 5.91 Å². The number of pyridine rings is 1. The van der Waals surface area contributed by atoms with Crippen LogP contribution >= 0.6 is 0 Å². The lowest BCUT2D eigenvalue weighted by molar-refractivity contribution is -0.142. The van der Waals surface area contributed by atoms with Crippen molar-refractivity contribution in [2.24, 2.45) is 5.41 Å². The molecule has 1 aromatic carbocycles. The fourth-order valence-electron chi connectivity index (χ4n) is 4.01. The van der Waals surface area contributed by atoms with Crippen LogP contribution in [-0.4, -0.2) is 41.7 Å². The molecule has 2 aliphatic heterocycles. The average molecular weight is 311 g/mol. The minimum absolute atomic E-state index is 0.000637. The van der Waals surface area contributed by atoms with E-state index >= 15 is 0 Å². The van der Waals surface area contributed by atoms with Gasteiger partial charge in [-0.3, -0.25) is 9.78 Å². The molecule has 1 spiro atoms. The number of aromatic nitrogens is 1. The van der Waals surface area contributed by atoms with Gasteiger partial charge in [0.15, 0.2) is 0 Å². The minimum atomic E-state index is -0.680. The normalized spacial score (nSPS) is 28.1. The number of aliphatic hydroxyl groups excluding tert-OH is 1. The third kappa shape index (κ3) is 2.27. The minimum Gasteiger partial charge on any atom is -0.392 e. The van der Waals surface area contributed by atoms with Crippen LogP contribution in [0.2, 0.25) is 0 Å². The lowest BCUT2D eigenvalue weighted by Gasteiger charge is -2.47. The van der Waals surface area contributed by atoms with Gasteiger partial charge in [0.05, 0.1) is 17.0 Å². The predicted octanol–water partition coefficient (Wildman–Crippen LogP) is 1.70. The highest BCUT2D eigenvalue weighted by molar-refractivity contribution is 5.92. The number of para-hydroxylation sites is 1. The number of hydrogen-bond acceptors (Lipinski definition) is 4. The van der Waals surface area contributed by atoms with Gasteiger partial charge >= 0.3 is 0 Å². The Morgan fingerprint density at radius 3 is 3.04 bits per heavy atom. The van der Waals surface area contributed by atoms with E-state index in [-0.39, 0.29) is 5.91 Å². The van der Waals surface area contributed by atoms with E-state index in [0.717, 1.165) is 36.0 Å². The van der Waals surface area contributed by atoms with Crippen molar-refractivity contribution in [1.29, 1.82) is 0 Å². The van der Waals surface area contributed by atoms with Crippen molar-refractivity contribution >= 4 is 22.5 Å². The van der Waals surface area contributed by atoms with E-state index in [1.165, 1.54) is 0 Å². The molecule has 2 aromatic rings. The molecule has 0 unspecified atom stereocenters. The zero-order valence-electron chi connectivity index (χ0n) is 13.0. The molecule has 5 heteroatoms. The van der Waals surface area contributed by atoms with E-state index in [0.29, 0.717) is 19.5 Å². The molecule has 0 aliphatic carbocycles. The average Bonchev–Trinajstić information content (AvgIpc) is 2.59. The molecule has 2 atom stereocenters. The smallest absolute Gasteiger partial charge is 0.230 e. The molecule has 1 aromatic heterocycles. The second-order valence-corrected chi connectivity index (χ2v) is 6.59.